The van der Waals surface area contributed by atoms with Crippen molar-refractivity contribution in [2.24, 2.45) is 0 Å². The Bertz CT molecular complexity index is 825. The second kappa shape index (κ2) is 11.6. The number of urea groups is 1. The van der Waals surface area contributed by atoms with E-state index >= 15 is 0 Å². The summed E-state index contributed by atoms with van der Waals surface area (Å²) in [6.07, 6.45) is 4.82. The Balaban J connectivity index is 1.65. The highest BCUT2D eigenvalue weighted by Gasteiger charge is 2.19. The number of carbonyl (C=O) groups is 1. The van der Waals surface area contributed by atoms with Gasteiger partial charge in [-0.05, 0) is 62.6 Å². The lowest BCUT2D eigenvalue weighted by Crippen LogP contribution is -2.40. The summed E-state index contributed by atoms with van der Waals surface area (Å²) in [5.41, 5.74) is 1.81. The summed E-state index contributed by atoms with van der Waals surface area (Å²) in [5.74, 6) is 1.54. The second-order valence-electron chi connectivity index (χ2n) is 8.17. The molecule has 6 nitrogen and oxygen atoms in total. The maximum Gasteiger partial charge on any atom is 0.322 e. The van der Waals surface area contributed by atoms with Gasteiger partial charge in [0.1, 0.15) is 11.5 Å². The van der Waals surface area contributed by atoms with Crippen molar-refractivity contribution in [2.45, 2.75) is 45.2 Å². The molecule has 1 aliphatic heterocycles. The number of amides is 2. The van der Waals surface area contributed by atoms with Crippen molar-refractivity contribution in [2.75, 3.05) is 39.2 Å². The van der Waals surface area contributed by atoms with Crippen molar-refractivity contribution in [1.29, 1.82) is 0 Å². The Morgan fingerprint density at radius 1 is 1.10 bits per heavy atom. The van der Waals surface area contributed by atoms with Crippen LogP contribution in [0.3, 0.4) is 0 Å². The van der Waals surface area contributed by atoms with E-state index in [2.05, 4.69) is 17.1 Å². The maximum absolute atomic E-state index is 13.1. The number of piperidine rings is 1. The first-order chi connectivity index (χ1) is 15.1. The zero-order chi connectivity index (χ0) is 22.1. The standard InChI is InChI=1S/C25H35N3O3/c1-20-8-4-5-15-27(20)16-7-17-28(19-21-11-13-23(30-2)14-12-21)25(29)26-22-9-6-10-24(18-22)31-3/h6,9-14,18,20H,4-5,7-8,15-17,19H2,1-3H3,(H,26,29). The van der Waals surface area contributed by atoms with Crippen LogP contribution in [0.2, 0.25) is 0 Å². The molecule has 1 saturated heterocycles. The van der Waals surface area contributed by atoms with Gasteiger partial charge >= 0.3 is 6.03 Å². The van der Waals surface area contributed by atoms with Crippen LogP contribution in [0.5, 0.6) is 11.5 Å². The molecule has 0 aliphatic carbocycles. The van der Waals surface area contributed by atoms with Crippen LogP contribution in [-0.4, -0.2) is 55.7 Å². The summed E-state index contributed by atoms with van der Waals surface area (Å²) < 4.78 is 10.5. The van der Waals surface area contributed by atoms with Crippen molar-refractivity contribution in [3.63, 3.8) is 0 Å². The quantitative estimate of drug-likeness (QED) is 0.614. The third-order valence-electron chi connectivity index (χ3n) is 5.95. The third kappa shape index (κ3) is 6.89. The smallest absolute Gasteiger partial charge is 0.322 e. The van der Waals surface area contributed by atoms with Crippen LogP contribution in [0.25, 0.3) is 0 Å². The summed E-state index contributed by atoms with van der Waals surface area (Å²) >= 11 is 0. The largest absolute Gasteiger partial charge is 0.497 e. The molecule has 2 amide bonds. The van der Waals surface area contributed by atoms with Crippen LogP contribution in [0.15, 0.2) is 48.5 Å². The number of likely N-dealkylation sites (tertiary alicyclic amines) is 1. The van der Waals surface area contributed by atoms with Crippen LogP contribution < -0.4 is 14.8 Å². The second-order valence-corrected chi connectivity index (χ2v) is 8.17. The molecule has 0 aromatic heterocycles. The number of hydrogen-bond donors (Lipinski definition) is 1. The van der Waals surface area contributed by atoms with Crippen LogP contribution in [0.1, 0.15) is 38.2 Å². The molecule has 0 saturated carbocycles. The predicted octanol–water partition coefficient (Wildman–Crippen LogP) is 5.00. The van der Waals surface area contributed by atoms with E-state index in [9.17, 15) is 4.79 Å². The van der Waals surface area contributed by atoms with E-state index in [4.69, 9.17) is 9.47 Å². The van der Waals surface area contributed by atoms with Gasteiger partial charge < -0.3 is 24.6 Å². The molecule has 0 radical (unpaired) electrons. The molecule has 0 spiro atoms. The topological polar surface area (TPSA) is 54.0 Å². The number of anilines is 1. The van der Waals surface area contributed by atoms with E-state index in [0.717, 1.165) is 42.3 Å². The first-order valence-corrected chi connectivity index (χ1v) is 11.2. The number of rotatable bonds is 9. The number of nitrogens with one attached hydrogen (secondary N) is 1. The fourth-order valence-electron chi connectivity index (χ4n) is 4.06. The summed E-state index contributed by atoms with van der Waals surface area (Å²) in [6, 6.07) is 15.9. The number of nitrogens with zero attached hydrogens (tertiary/aromatic N) is 2. The molecule has 1 N–H and O–H groups in total. The normalized spacial score (nSPS) is 16.5. The zero-order valence-electron chi connectivity index (χ0n) is 19.0. The Kier molecular flexibility index (Phi) is 8.59. The third-order valence-corrected chi connectivity index (χ3v) is 5.95. The molecule has 1 heterocycles. The number of ether oxygens (including phenoxy) is 2. The molecule has 1 unspecified atom stereocenters. The zero-order valence-corrected chi connectivity index (χ0v) is 19.0. The van der Waals surface area contributed by atoms with Gasteiger partial charge in [-0.25, -0.2) is 4.79 Å². The fourth-order valence-corrected chi connectivity index (χ4v) is 4.06. The Hall–Kier alpha value is -2.73. The van der Waals surface area contributed by atoms with Crippen LogP contribution in [0, 0.1) is 0 Å². The van der Waals surface area contributed by atoms with E-state index in [-0.39, 0.29) is 6.03 Å². The number of carbonyl (C=O) groups excluding carboxylic acids is 1. The molecule has 1 aliphatic rings. The minimum Gasteiger partial charge on any atom is -0.497 e. The molecule has 31 heavy (non-hydrogen) atoms. The molecule has 0 bridgehead atoms. The minimum atomic E-state index is -0.101. The average molecular weight is 426 g/mol. The van der Waals surface area contributed by atoms with Crippen LogP contribution >= 0.6 is 0 Å². The van der Waals surface area contributed by atoms with Crippen molar-refractivity contribution in [1.82, 2.24) is 9.80 Å². The van der Waals surface area contributed by atoms with Crippen molar-refractivity contribution >= 4 is 11.7 Å². The van der Waals surface area contributed by atoms with Crippen molar-refractivity contribution < 1.29 is 14.3 Å². The van der Waals surface area contributed by atoms with E-state index in [1.165, 1.54) is 19.3 Å². The number of benzene rings is 2. The molecule has 1 atom stereocenters. The lowest BCUT2D eigenvalue weighted by Gasteiger charge is -2.34. The van der Waals surface area contributed by atoms with Gasteiger partial charge in [-0.2, -0.15) is 0 Å². The van der Waals surface area contributed by atoms with Gasteiger partial charge in [-0.15, -0.1) is 0 Å². The molecule has 168 valence electrons. The van der Waals surface area contributed by atoms with Gasteiger partial charge in [0.15, 0.2) is 0 Å². The first-order valence-electron chi connectivity index (χ1n) is 11.2. The highest BCUT2D eigenvalue weighted by molar-refractivity contribution is 5.89. The van der Waals surface area contributed by atoms with E-state index in [1.54, 1.807) is 14.2 Å². The summed E-state index contributed by atoms with van der Waals surface area (Å²) in [6.45, 7) is 5.74. The minimum absolute atomic E-state index is 0.101. The van der Waals surface area contributed by atoms with Gasteiger partial charge in [0.2, 0.25) is 0 Å². The Labute approximate surface area is 186 Å². The van der Waals surface area contributed by atoms with Crippen LogP contribution in [0.4, 0.5) is 10.5 Å². The van der Waals surface area contributed by atoms with Gasteiger partial charge in [-0.3, -0.25) is 0 Å². The predicted molar refractivity (Wildman–Crippen MR) is 125 cm³/mol. The molecule has 6 heteroatoms. The number of methoxy groups -OCH3 is 2. The lowest BCUT2D eigenvalue weighted by molar-refractivity contribution is 0.150. The lowest BCUT2D eigenvalue weighted by atomic mass is 10.0. The molecule has 3 rings (SSSR count). The van der Waals surface area contributed by atoms with Gasteiger partial charge in [0.05, 0.1) is 14.2 Å². The highest BCUT2D eigenvalue weighted by Crippen LogP contribution is 2.20. The first kappa shape index (κ1) is 22.9. The highest BCUT2D eigenvalue weighted by atomic mass is 16.5. The molecular weight excluding hydrogens is 390 g/mol. The van der Waals surface area contributed by atoms with Crippen molar-refractivity contribution in [3.8, 4) is 11.5 Å². The molecular formula is C25H35N3O3. The van der Waals surface area contributed by atoms with E-state index < -0.39 is 0 Å². The fraction of sp³-hybridized carbons (Fsp3) is 0.480. The van der Waals surface area contributed by atoms with Gasteiger partial charge in [0, 0.05) is 37.4 Å². The Morgan fingerprint density at radius 3 is 2.58 bits per heavy atom. The summed E-state index contributed by atoms with van der Waals surface area (Å²) in [7, 11) is 3.28. The maximum atomic E-state index is 13.1. The molecule has 2 aromatic rings. The van der Waals surface area contributed by atoms with E-state index in [0.29, 0.717) is 19.1 Å². The van der Waals surface area contributed by atoms with Crippen molar-refractivity contribution in [3.05, 3.63) is 54.1 Å². The van der Waals surface area contributed by atoms with Crippen LogP contribution in [-0.2, 0) is 6.54 Å². The summed E-state index contributed by atoms with van der Waals surface area (Å²) in [4.78, 5) is 17.6. The average Bonchev–Trinajstić information content (AvgIpc) is 2.80. The molecule has 1 fully saturated rings. The monoisotopic (exact) mass is 425 g/mol. The Morgan fingerprint density at radius 2 is 1.87 bits per heavy atom. The SMILES string of the molecule is COc1ccc(CN(CCCN2CCCCC2C)C(=O)Nc2cccc(OC)c2)cc1. The number of hydrogen-bond acceptors (Lipinski definition) is 4. The summed E-state index contributed by atoms with van der Waals surface area (Å²) in [5, 5.41) is 3.03. The molecule has 2 aromatic carbocycles. The van der Waals surface area contributed by atoms with E-state index in [1.807, 2.05) is 53.4 Å². The van der Waals surface area contributed by atoms with Gasteiger partial charge in [-0.1, -0.05) is 24.6 Å². The van der Waals surface area contributed by atoms with Gasteiger partial charge in [0.25, 0.3) is 0 Å².